The van der Waals surface area contributed by atoms with Gasteiger partial charge in [-0.2, -0.15) is 5.10 Å². The van der Waals surface area contributed by atoms with Crippen LogP contribution in [-0.4, -0.2) is 45.1 Å². The number of aliphatic hydroxyl groups is 1. The van der Waals surface area contributed by atoms with E-state index in [1.807, 2.05) is 60.7 Å². The molecule has 1 aromatic heterocycles. The van der Waals surface area contributed by atoms with Crippen molar-refractivity contribution in [3.05, 3.63) is 102 Å². The molecular formula is C30H32FN3O3. The highest BCUT2D eigenvalue weighted by molar-refractivity contribution is 5.44. The summed E-state index contributed by atoms with van der Waals surface area (Å²) in [5.41, 5.74) is 2.72. The average molecular weight is 502 g/mol. The number of para-hydroxylation sites is 2. The molecule has 0 aliphatic heterocycles. The van der Waals surface area contributed by atoms with Gasteiger partial charge < -0.3 is 14.6 Å². The van der Waals surface area contributed by atoms with Crippen LogP contribution in [0.2, 0.25) is 0 Å². The standard InChI is InChI=1S/C30H32FN3O3/c1-2-29-28(20-33(23-16-17-23)19-25(35)21-36-26-13-7-4-8-14-26)30(37-27-15-9-10-22(31)18-27)34(32-29)24-11-5-3-6-12-24/h3-15,18,23,25,35H,2,16-17,19-21H2,1H3/t25-/m0/s1. The molecule has 0 bridgehead atoms. The lowest BCUT2D eigenvalue weighted by atomic mass is 10.1. The van der Waals surface area contributed by atoms with Gasteiger partial charge in [0.2, 0.25) is 5.88 Å². The van der Waals surface area contributed by atoms with Gasteiger partial charge in [0.25, 0.3) is 0 Å². The predicted molar refractivity (Wildman–Crippen MR) is 141 cm³/mol. The molecule has 0 amide bonds. The first-order valence-corrected chi connectivity index (χ1v) is 12.8. The highest BCUT2D eigenvalue weighted by Crippen LogP contribution is 2.35. The Morgan fingerprint density at radius 2 is 1.70 bits per heavy atom. The van der Waals surface area contributed by atoms with E-state index in [2.05, 4.69) is 11.8 Å². The molecule has 5 rings (SSSR count). The number of ether oxygens (including phenoxy) is 2. The number of aliphatic hydroxyl groups excluding tert-OH is 1. The summed E-state index contributed by atoms with van der Waals surface area (Å²) in [5.74, 6) is 1.36. The van der Waals surface area contributed by atoms with E-state index in [1.165, 1.54) is 12.1 Å². The van der Waals surface area contributed by atoms with Crippen molar-refractivity contribution in [3.8, 4) is 23.1 Å². The van der Waals surface area contributed by atoms with Gasteiger partial charge >= 0.3 is 0 Å². The van der Waals surface area contributed by atoms with Crippen LogP contribution in [-0.2, 0) is 13.0 Å². The van der Waals surface area contributed by atoms with E-state index in [9.17, 15) is 9.50 Å². The van der Waals surface area contributed by atoms with Crippen LogP contribution in [0.3, 0.4) is 0 Å². The molecule has 0 spiro atoms. The van der Waals surface area contributed by atoms with Crippen LogP contribution in [0.1, 0.15) is 31.0 Å². The zero-order valence-corrected chi connectivity index (χ0v) is 21.0. The Kier molecular flexibility index (Phi) is 7.82. The van der Waals surface area contributed by atoms with E-state index in [4.69, 9.17) is 14.6 Å². The molecule has 0 saturated heterocycles. The minimum atomic E-state index is -0.650. The van der Waals surface area contributed by atoms with Crippen molar-refractivity contribution in [1.82, 2.24) is 14.7 Å². The highest BCUT2D eigenvalue weighted by atomic mass is 19.1. The summed E-state index contributed by atoms with van der Waals surface area (Å²) in [5, 5.41) is 15.7. The first-order chi connectivity index (χ1) is 18.1. The van der Waals surface area contributed by atoms with E-state index in [0.717, 1.165) is 35.5 Å². The fraction of sp³-hybridized carbons (Fsp3) is 0.300. The number of rotatable bonds is 12. The van der Waals surface area contributed by atoms with E-state index in [0.29, 0.717) is 37.2 Å². The molecule has 1 fully saturated rings. The van der Waals surface area contributed by atoms with E-state index in [-0.39, 0.29) is 12.4 Å². The number of aryl methyl sites for hydroxylation is 1. The monoisotopic (exact) mass is 501 g/mol. The smallest absolute Gasteiger partial charge is 0.227 e. The Morgan fingerprint density at radius 3 is 2.38 bits per heavy atom. The highest BCUT2D eigenvalue weighted by Gasteiger charge is 2.33. The Labute approximate surface area is 216 Å². The van der Waals surface area contributed by atoms with Crippen molar-refractivity contribution in [2.24, 2.45) is 0 Å². The number of aromatic nitrogens is 2. The van der Waals surface area contributed by atoms with Gasteiger partial charge in [-0.25, -0.2) is 9.07 Å². The number of hydrogen-bond donors (Lipinski definition) is 1. The molecule has 1 aliphatic carbocycles. The summed E-state index contributed by atoms with van der Waals surface area (Å²) in [4.78, 5) is 2.28. The second-order valence-corrected chi connectivity index (χ2v) is 9.33. The second-order valence-electron chi connectivity index (χ2n) is 9.33. The number of nitrogens with zero attached hydrogens (tertiary/aromatic N) is 3. The first kappa shape index (κ1) is 25.0. The van der Waals surface area contributed by atoms with Gasteiger partial charge in [-0.05, 0) is 55.7 Å². The molecule has 1 aliphatic rings. The zero-order chi connectivity index (χ0) is 25.6. The maximum Gasteiger partial charge on any atom is 0.227 e. The lowest BCUT2D eigenvalue weighted by molar-refractivity contribution is 0.0623. The van der Waals surface area contributed by atoms with Crippen LogP contribution in [0.25, 0.3) is 5.69 Å². The van der Waals surface area contributed by atoms with E-state index in [1.54, 1.807) is 16.8 Å². The van der Waals surface area contributed by atoms with Gasteiger partial charge in [-0.15, -0.1) is 0 Å². The molecule has 192 valence electrons. The molecule has 1 heterocycles. The van der Waals surface area contributed by atoms with Crippen molar-refractivity contribution in [3.63, 3.8) is 0 Å². The lowest BCUT2D eigenvalue weighted by Crippen LogP contribution is -2.37. The Bertz CT molecular complexity index is 1290. The third-order valence-corrected chi connectivity index (χ3v) is 6.42. The second kappa shape index (κ2) is 11.6. The average Bonchev–Trinajstić information content (AvgIpc) is 3.72. The first-order valence-electron chi connectivity index (χ1n) is 12.8. The van der Waals surface area contributed by atoms with Crippen LogP contribution in [0.5, 0.6) is 17.4 Å². The van der Waals surface area contributed by atoms with Gasteiger partial charge in [0.15, 0.2) is 0 Å². The van der Waals surface area contributed by atoms with Crippen molar-refractivity contribution in [2.75, 3.05) is 13.2 Å². The zero-order valence-electron chi connectivity index (χ0n) is 21.0. The quantitative estimate of drug-likeness (QED) is 0.267. The molecule has 6 nitrogen and oxygen atoms in total. The molecule has 1 atom stereocenters. The topological polar surface area (TPSA) is 59.8 Å². The molecule has 37 heavy (non-hydrogen) atoms. The minimum absolute atomic E-state index is 0.212. The summed E-state index contributed by atoms with van der Waals surface area (Å²) in [6, 6.07) is 25.9. The summed E-state index contributed by atoms with van der Waals surface area (Å²) in [6.07, 6.45) is 2.23. The third-order valence-electron chi connectivity index (χ3n) is 6.42. The summed E-state index contributed by atoms with van der Waals surface area (Å²) in [6.45, 7) is 3.31. The Balaban J connectivity index is 1.42. The van der Waals surface area contributed by atoms with Crippen molar-refractivity contribution in [2.45, 2.75) is 44.9 Å². The number of hydrogen-bond acceptors (Lipinski definition) is 5. The fourth-order valence-corrected chi connectivity index (χ4v) is 4.43. The molecule has 1 saturated carbocycles. The number of benzene rings is 3. The van der Waals surface area contributed by atoms with Gasteiger partial charge in [0, 0.05) is 25.2 Å². The van der Waals surface area contributed by atoms with E-state index >= 15 is 0 Å². The van der Waals surface area contributed by atoms with Gasteiger partial charge in [-0.1, -0.05) is 49.4 Å². The predicted octanol–water partition coefficient (Wildman–Crippen LogP) is 5.77. The Morgan fingerprint density at radius 1 is 1.00 bits per heavy atom. The van der Waals surface area contributed by atoms with Crippen molar-refractivity contribution in [1.29, 1.82) is 0 Å². The van der Waals surface area contributed by atoms with Crippen molar-refractivity contribution < 1.29 is 19.0 Å². The minimum Gasteiger partial charge on any atom is -0.491 e. The lowest BCUT2D eigenvalue weighted by Gasteiger charge is -2.25. The number of halogens is 1. The van der Waals surface area contributed by atoms with Crippen LogP contribution in [0, 0.1) is 5.82 Å². The molecule has 0 unspecified atom stereocenters. The van der Waals surface area contributed by atoms with Crippen LogP contribution < -0.4 is 9.47 Å². The van der Waals surface area contributed by atoms with Crippen LogP contribution in [0.15, 0.2) is 84.9 Å². The maximum atomic E-state index is 14.0. The SMILES string of the molecule is CCc1nn(-c2ccccc2)c(Oc2cccc(F)c2)c1CN(C[C@H](O)COc1ccccc1)C1CC1. The summed E-state index contributed by atoms with van der Waals surface area (Å²) < 4.78 is 27.9. The van der Waals surface area contributed by atoms with Gasteiger partial charge in [0.1, 0.15) is 30.0 Å². The summed E-state index contributed by atoms with van der Waals surface area (Å²) in [7, 11) is 0. The molecule has 1 N–H and O–H groups in total. The molecular weight excluding hydrogens is 469 g/mol. The molecule has 4 aromatic rings. The van der Waals surface area contributed by atoms with Crippen LogP contribution >= 0.6 is 0 Å². The van der Waals surface area contributed by atoms with Crippen LogP contribution in [0.4, 0.5) is 4.39 Å². The fourth-order valence-electron chi connectivity index (χ4n) is 4.43. The molecule has 3 aromatic carbocycles. The van der Waals surface area contributed by atoms with E-state index < -0.39 is 6.10 Å². The van der Waals surface area contributed by atoms with Gasteiger partial charge in [-0.3, -0.25) is 4.90 Å². The molecule has 0 radical (unpaired) electrons. The van der Waals surface area contributed by atoms with Crippen molar-refractivity contribution >= 4 is 0 Å². The molecule has 7 heteroatoms. The third kappa shape index (κ3) is 6.37. The summed E-state index contributed by atoms with van der Waals surface area (Å²) >= 11 is 0. The Hall–Kier alpha value is -3.68. The maximum absolute atomic E-state index is 14.0. The van der Waals surface area contributed by atoms with Gasteiger partial charge in [0.05, 0.1) is 16.9 Å². The normalized spacial score (nSPS) is 14.1. The largest absolute Gasteiger partial charge is 0.491 e.